The molecule has 1 atom stereocenters. The van der Waals surface area contributed by atoms with Crippen molar-refractivity contribution >= 4 is 11.3 Å². The van der Waals surface area contributed by atoms with Gasteiger partial charge in [0, 0.05) is 30.9 Å². The number of ether oxygens (including phenoxy) is 1. The molecule has 2 heterocycles. The van der Waals surface area contributed by atoms with Gasteiger partial charge in [-0.15, -0.1) is 11.3 Å². The topological polar surface area (TPSA) is 48.1 Å². The van der Waals surface area contributed by atoms with Crippen LogP contribution in [0.3, 0.4) is 0 Å². The minimum absolute atomic E-state index is 0.624. The van der Waals surface area contributed by atoms with Gasteiger partial charge in [-0.05, 0) is 31.7 Å². The Morgan fingerprint density at radius 1 is 1.53 bits per heavy atom. The summed E-state index contributed by atoms with van der Waals surface area (Å²) in [7, 11) is 0. The van der Waals surface area contributed by atoms with Crippen LogP contribution >= 0.6 is 11.3 Å². The van der Waals surface area contributed by atoms with Gasteiger partial charge in [0.2, 0.25) is 0 Å². The third kappa shape index (κ3) is 3.76. The molecule has 2 rings (SSSR count). The Bertz CT molecular complexity index is 334. The molecule has 0 radical (unpaired) electrons. The van der Waals surface area contributed by atoms with Crippen LogP contribution in [-0.2, 0) is 11.2 Å². The zero-order valence-corrected chi connectivity index (χ0v) is 11.3. The summed E-state index contributed by atoms with van der Waals surface area (Å²) in [6.07, 6.45) is 4.42. The molecule has 1 aromatic heterocycles. The summed E-state index contributed by atoms with van der Waals surface area (Å²) in [6, 6.07) is 0. The van der Waals surface area contributed by atoms with Gasteiger partial charge in [0.15, 0.2) is 0 Å². The fraction of sp³-hybridized carbons (Fsp3) is 0.769. The van der Waals surface area contributed by atoms with Gasteiger partial charge in [0.25, 0.3) is 0 Å². The van der Waals surface area contributed by atoms with Gasteiger partial charge in [-0.1, -0.05) is 6.92 Å². The van der Waals surface area contributed by atoms with Crippen LogP contribution in [0, 0.1) is 5.92 Å². The van der Waals surface area contributed by atoms with Gasteiger partial charge in [-0.2, -0.15) is 0 Å². The summed E-state index contributed by atoms with van der Waals surface area (Å²) in [5, 5.41) is 3.51. The molecule has 0 saturated carbocycles. The third-order valence-corrected chi connectivity index (χ3v) is 4.28. The lowest BCUT2D eigenvalue weighted by Crippen LogP contribution is -2.14. The Balaban J connectivity index is 1.90. The van der Waals surface area contributed by atoms with E-state index in [0.29, 0.717) is 11.8 Å². The van der Waals surface area contributed by atoms with Crippen molar-refractivity contribution in [1.82, 2.24) is 4.98 Å². The molecular formula is C13H22N2OS. The molecule has 0 aliphatic carbocycles. The van der Waals surface area contributed by atoms with E-state index < -0.39 is 0 Å². The van der Waals surface area contributed by atoms with Crippen molar-refractivity contribution in [1.29, 1.82) is 0 Å². The summed E-state index contributed by atoms with van der Waals surface area (Å²) in [5.74, 6) is 1.27. The van der Waals surface area contributed by atoms with Crippen LogP contribution in [0.25, 0.3) is 0 Å². The van der Waals surface area contributed by atoms with Crippen molar-refractivity contribution in [2.24, 2.45) is 11.7 Å². The Hall–Kier alpha value is -0.450. The second-order valence-electron chi connectivity index (χ2n) is 4.94. The maximum Gasteiger partial charge on any atom is 0.0931 e. The third-order valence-electron chi connectivity index (χ3n) is 3.39. The molecule has 1 saturated heterocycles. The highest BCUT2D eigenvalue weighted by Crippen LogP contribution is 2.28. The van der Waals surface area contributed by atoms with E-state index in [-0.39, 0.29) is 0 Å². The number of nitrogens with two attached hydrogens (primary N) is 1. The first-order chi connectivity index (χ1) is 8.29. The fourth-order valence-corrected chi connectivity index (χ4v) is 3.33. The smallest absolute Gasteiger partial charge is 0.0931 e. The van der Waals surface area contributed by atoms with Crippen molar-refractivity contribution < 1.29 is 4.74 Å². The number of thiazole rings is 1. The lowest BCUT2D eigenvalue weighted by atomic mass is 9.97. The minimum atomic E-state index is 0.624. The van der Waals surface area contributed by atoms with Crippen LogP contribution in [0.15, 0.2) is 5.38 Å². The molecule has 1 fully saturated rings. The van der Waals surface area contributed by atoms with E-state index in [9.17, 15) is 0 Å². The Kier molecular flexibility index (Phi) is 4.95. The number of aromatic nitrogens is 1. The quantitative estimate of drug-likeness (QED) is 0.878. The Morgan fingerprint density at radius 3 is 3.00 bits per heavy atom. The standard InChI is InChI=1S/C13H22N2OS/c1-10(2-5-14)8-13-15-12(9-17-13)11-3-6-16-7-4-11/h9-11H,2-8,14H2,1H3. The largest absolute Gasteiger partial charge is 0.381 e. The second kappa shape index (κ2) is 6.47. The van der Waals surface area contributed by atoms with Crippen molar-refractivity contribution in [3.05, 3.63) is 16.1 Å². The first-order valence-electron chi connectivity index (χ1n) is 6.51. The molecule has 0 spiro atoms. The predicted molar refractivity (Wildman–Crippen MR) is 71.4 cm³/mol. The van der Waals surface area contributed by atoms with Crippen LogP contribution in [0.4, 0.5) is 0 Å². The summed E-state index contributed by atoms with van der Waals surface area (Å²) >= 11 is 1.80. The van der Waals surface area contributed by atoms with E-state index in [0.717, 1.165) is 45.4 Å². The van der Waals surface area contributed by atoms with E-state index in [2.05, 4.69) is 12.3 Å². The molecule has 17 heavy (non-hydrogen) atoms. The SMILES string of the molecule is CC(CCN)Cc1nc(C2CCOCC2)cs1. The van der Waals surface area contributed by atoms with E-state index in [1.165, 1.54) is 10.7 Å². The average molecular weight is 254 g/mol. The van der Waals surface area contributed by atoms with Gasteiger partial charge in [-0.25, -0.2) is 4.98 Å². The molecule has 1 aliphatic rings. The van der Waals surface area contributed by atoms with Crippen LogP contribution in [0.5, 0.6) is 0 Å². The molecular weight excluding hydrogens is 232 g/mol. The fourth-order valence-electron chi connectivity index (χ4n) is 2.28. The summed E-state index contributed by atoms with van der Waals surface area (Å²) in [6.45, 7) is 4.81. The minimum Gasteiger partial charge on any atom is -0.381 e. The average Bonchev–Trinajstić information content (AvgIpc) is 2.79. The molecule has 2 N–H and O–H groups in total. The summed E-state index contributed by atoms with van der Waals surface area (Å²) < 4.78 is 5.39. The molecule has 1 aromatic rings. The summed E-state index contributed by atoms with van der Waals surface area (Å²) in [5.41, 5.74) is 6.86. The van der Waals surface area contributed by atoms with Crippen LogP contribution < -0.4 is 5.73 Å². The monoisotopic (exact) mass is 254 g/mol. The van der Waals surface area contributed by atoms with Crippen molar-refractivity contribution in [3.8, 4) is 0 Å². The van der Waals surface area contributed by atoms with E-state index >= 15 is 0 Å². The lowest BCUT2D eigenvalue weighted by molar-refractivity contribution is 0.0846. The lowest BCUT2D eigenvalue weighted by Gasteiger charge is -2.20. The van der Waals surface area contributed by atoms with Gasteiger partial charge >= 0.3 is 0 Å². The molecule has 0 amide bonds. The number of nitrogens with zero attached hydrogens (tertiary/aromatic N) is 1. The number of rotatable bonds is 5. The zero-order valence-electron chi connectivity index (χ0n) is 10.5. The first kappa shape index (κ1) is 13.0. The molecule has 0 bridgehead atoms. The summed E-state index contributed by atoms with van der Waals surface area (Å²) in [4.78, 5) is 4.78. The van der Waals surface area contributed by atoms with E-state index in [4.69, 9.17) is 15.5 Å². The van der Waals surface area contributed by atoms with Gasteiger partial charge in [0.05, 0.1) is 10.7 Å². The predicted octanol–water partition coefficient (Wildman–Crippen LogP) is 2.56. The molecule has 4 heteroatoms. The van der Waals surface area contributed by atoms with E-state index in [1.54, 1.807) is 11.3 Å². The van der Waals surface area contributed by atoms with Crippen molar-refractivity contribution in [2.45, 2.75) is 38.5 Å². The molecule has 96 valence electrons. The second-order valence-corrected chi connectivity index (χ2v) is 5.88. The Labute approximate surface area is 107 Å². The van der Waals surface area contributed by atoms with Gasteiger partial charge < -0.3 is 10.5 Å². The Morgan fingerprint density at radius 2 is 2.29 bits per heavy atom. The van der Waals surface area contributed by atoms with Crippen LogP contribution in [0.2, 0.25) is 0 Å². The maximum atomic E-state index is 5.57. The van der Waals surface area contributed by atoms with Crippen LogP contribution in [0.1, 0.15) is 42.8 Å². The first-order valence-corrected chi connectivity index (χ1v) is 7.39. The number of hydrogen-bond donors (Lipinski definition) is 1. The van der Waals surface area contributed by atoms with Crippen LogP contribution in [-0.4, -0.2) is 24.7 Å². The highest BCUT2D eigenvalue weighted by Gasteiger charge is 2.18. The molecule has 1 aliphatic heterocycles. The normalized spacial score (nSPS) is 19.4. The van der Waals surface area contributed by atoms with E-state index in [1.807, 2.05) is 0 Å². The molecule has 0 aromatic carbocycles. The molecule has 3 nitrogen and oxygen atoms in total. The van der Waals surface area contributed by atoms with Crippen molar-refractivity contribution in [3.63, 3.8) is 0 Å². The highest BCUT2D eigenvalue weighted by molar-refractivity contribution is 7.09. The number of hydrogen-bond acceptors (Lipinski definition) is 4. The highest BCUT2D eigenvalue weighted by atomic mass is 32.1. The van der Waals surface area contributed by atoms with Crippen molar-refractivity contribution in [2.75, 3.05) is 19.8 Å². The maximum absolute atomic E-state index is 5.57. The molecule has 1 unspecified atom stereocenters. The van der Waals surface area contributed by atoms with Gasteiger partial charge in [-0.3, -0.25) is 0 Å². The van der Waals surface area contributed by atoms with Gasteiger partial charge in [0.1, 0.15) is 0 Å². The zero-order chi connectivity index (χ0) is 12.1.